The van der Waals surface area contributed by atoms with Gasteiger partial charge in [-0.15, -0.1) is 0 Å². The average Bonchev–Trinajstić information content (AvgIpc) is 1.88. The lowest BCUT2D eigenvalue weighted by atomic mass is 9.90. The van der Waals surface area contributed by atoms with Crippen molar-refractivity contribution in [3.63, 3.8) is 0 Å². The summed E-state index contributed by atoms with van der Waals surface area (Å²) < 4.78 is 10.1. The first kappa shape index (κ1) is 10.9. The van der Waals surface area contributed by atoms with Crippen molar-refractivity contribution >= 4 is 0 Å². The van der Waals surface area contributed by atoms with Gasteiger partial charge in [-0.3, -0.25) is 0 Å². The lowest BCUT2D eigenvalue weighted by molar-refractivity contribution is -0.110. The van der Waals surface area contributed by atoms with Crippen molar-refractivity contribution in [2.45, 2.75) is 39.9 Å². The largest absolute Gasteiger partial charge is 0.356 e. The van der Waals surface area contributed by atoms with Crippen molar-refractivity contribution in [3.8, 4) is 0 Å². The zero-order chi connectivity index (χ0) is 8.91. The average molecular weight is 160 g/mol. The molecule has 0 bridgehead atoms. The maximum Gasteiger partial charge on any atom is 0.156 e. The molecule has 0 aromatic rings. The highest BCUT2D eigenvalue weighted by Crippen LogP contribution is 2.22. The van der Waals surface area contributed by atoms with E-state index in [0.717, 1.165) is 12.8 Å². The molecule has 0 amide bonds. The number of hydrogen-bond acceptors (Lipinski definition) is 2. The third kappa shape index (κ3) is 6.32. The topological polar surface area (TPSA) is 18.5 Å². The summed E-state index contributed by atoms with van der Waals surface area (Å²) in [7, 11) is 3.35. The highest BCUT2D eigenvalue weighted by Gasteiger charge is 2.13. The molecule has 0 fully saturated rings. The van der Waals surface area contributed by atoms with Gasteiger partial charge >= 0.3 is 0 Å². The normalized spacial score (nSPS) is 12.5. The molecule has 0 aliphatic heterocycles. The molecule has 0 N–H and O–H groups in total. The second-order valence-corrected chi connectivity index (χ2v) is 4.00. The number of rotatable bonds is 4. The van der Waals surface area contributed by atoms with Gasteiger partial charge in [0.05, 0.1) is 0 Å². The quantitative estimate of drug-likeness (QED) is 0.588. The van der Waals surface area contributed by atoms with Crippen LogP contribution >= 0.6 is 0 Å². The Hall–Kier alpha value is -0.0800. The molecule has 0 aliphatic carbocycles. The predicted octanol–water partition coefficient (Wildman–Crippen LogP) is 2.43. The van der Waals surface area contributed by atoms with Crippen LogP contribution in [0.5, 0.6) is 0 Å². The highest BCUT2D eigenvalue weighted by atomic mass is 16.7. The number of ether oxygens (including phenoxy) is 2. The van der Waals surface area contributed by atoms with Gasteiger partial charge in [-0.2, -0.15) is 0 Å². The van der Waals surface area contributed by atoms with E-state index in [9.17, 15) is 0 Å². The summed E-state index contributed by atoms with van der Waals surface area (Å²) in [4.78, 5) is 0. The summed E-state index contributed by atoms with van der Waals surface area (Å²) in [5, 5.41) is 0. The molecular formula is C9H20O2. The van der Waals surface area contributed by atoms with Gasteiger partial charge in [0.2, 0.25) is 0 Å². The maximum absolute atomic E-state index is 5.07. The van der Waals surface area contributed by atoms with Crippen LogP contribution in [0.1, 0.15) is 33.6 Å². The van der Waals surface area contributed by atoms with E-state index in [-0.39, 0.29) is 6.29 Å². The Morgan fingerprint density at radius 1 is 1.09 bits per heavy atom. The molecule has 0 aromatic carbocycles. The van der Waals surface area contributed by atoms with Gasteiger partial charge in [-0.05, 0) is 18.3 Å². The van der Waals surface area contributed by atoms with Crippen molar-refractivity contribution in [1.29, 1.82) is 0 Å². The summed E-state index contributed by atoms with van der Waals surface area (Å²) >= 11 is 0. The predicted molar refractivity (Wildman–Crippen MR) is 46.5 cm³/mol. The summed E-state index contributed by atoms with van der Waals surface area (Å²) in [6.07, 6.45) is 2.06. The lowest BCUT2D eigenvalue weighted by Crippen LogP contribution is -2.16. The van der Waals surface area contributed by atoms with Gasteiger partial charge in [0.1, 0.15) is 0 Å². The third-order valence-electron chi connectivity index (χ3n) is 1.66. The molecular weight excluding hydrogens is 140 g/mol. The smallest absolute Gasteiger partial charge is 0.156 e. The van der Waals surface area contributed by atoms with Crippen LogP contribution in [0.4, 0.5) is 0 Å². The van der Waals surface area contributed by atoms with Crippen LogP contribution in [0.2, 0.25) is 0 Å². The molecule has 0 heterocycles. The third-order valence-corrected chi connectivity index (χ3v) is 1.66. The van der Waals surface area contributed by atoms with E-state index in [1.807, 2.05) is 0 Å². The van der Waals surface area contributed by atoms with E-state index in [1.54, 1.807) is 14.2 Å². The summed E-state index contributed by atoms with van der Waals surface area (Å²) in [6.45, 7) is 6.65. The van der Waals surface area contributed by atoms with E-state index < -0.39 is 0 Å². The molecule has 0 aromatic heterocycles. The van der Waals surface area contributed by atoms with E-state index in [4.69, 9.17) is 9.47 Å². The Labute approximate surface area is 69.9 Å². The van der Waals surface area contributed by atoms with Gasteiger partial charge < -0.3 is 9.47 Å². The van der Waals surface area contributed by atoms with Gasteiger partial charge in [0.25, 0.3) is 0 Å². The second-order valence-electron chi connectivity index (χ2n) is 4.00. The fraction of sp³-hybridized carbons (Fsp3) is 1.00. The molecule has 11 heavy (non-hydrogen) atoms. The SMILES string of the molecule is COC(CCC(C)(C)C)OC. The number of hydrogen-bond donors (Lipinski definition) is 0. The van der Waals surface area contributed by atoms with Crippen molar-refractivity contribution in [3.05, 3.63) is 0 Å². The van der Waals surface area contributed by atoms with Gasteiger partial charge in [0.15, 0.2) is 6.29 Å². The molecule has 0 aliphatic rings. The first-order valence-electron chi connectivity index (χ1n) is 4.05. The minimum absolute atomic E-state index is 0.0331. The van der Waals surface area contributed by atoms with Crippen molar-refractivity contribution in [1.82, 2.24) is 0 Å². The van der Waals surface area contributed by atoms with E-state index in [2.05, 4.69) is 20.8 Å². The fourth-order valence-corrected chi connectivity index (χ4v) is 0.883. The van der Waals surface area contributed by atoms with Crippen molar-refractivity contribution in [2.75, 3.05) is 14.2 Å². The van der Waals surface area contributed by atoms with Crippen LogP contribution in [0.15, 0.2) is 0 Å². The summed E-state index contributed by atoms with van der Waals surface area (Å²) in [5.41, 5.74) is 0.370. The van der Waals surface area contributed by atoms with Crippen LogP contribution in [0.3, 0.4) is 0 Å². The standard InChI is InChI=1S/C9H20O2/c1-9(2,3)7-6-8(10-4)11-5/h8H,6-7H2,1-5H3. The van der Waals surface area contributed by atoms with Crippen LogP contribution < -0.4 is 0 Å². The van der Waals surface area contributed by atoms with Crippen LogP contribution in [-0.4, -0.2) is 20.5 Å². The highest BCUT2D eigenvalue weighted by molar-refractivity contribution is 4.62. The van der Waals surface area contributed by atoms with Crippen LogP contribution in [0, 0.1) is 5.41 Å². The summed E-state index contributed by atoms with van der Waals surface area (Å²) in [6, 6.07) is 0. The monoisotopic (exact) mass is 160 g/mol. The molecule has 0 saturated carbocycles. The Morgan fingerprint density at radius 3 is 1.82 bits per heavy atom. The van der Waals surface area contributed by atoms with E-state index in [1.165, 1.54) is 0 Å². The van der Waals surface area contributed by atoms with Gasteiger partial charge in [-0.1, -0.05) is 20.8 Å². The molecule has 0 radical (unpaired) electrons. The molecule has 0 spiro atoms. The minimum Gasteiger partial charge on any atom is -0.356 e. The minimum atomic E-state index is -0.0331. The Morgan fingerprint density at radius 2 is 1.55 bits per heavy atom. The Balaban J connectivity index is 3.51. The molecule has 0 atom stereocenters. The molecule has 0 saturated heterocycles. The number of methoxy groups -OCH3 is 2. The van der Waals surface area contributed by atoms with E-state index >= 15 is 0 Å². The van der Waals surface area contributed by atoms with Gasteiger partial charge in [-0.25, -0.2) is 0 Å². The van der Waals surface area contributed by atoms with E-state index in [0.29, 0.717) is 5.41 Å². The first-order valence-corrected chi connectivity index (χ1v) is 4.05. The molecule has 0 rings (SSSR count). The Bertz CT molecular complexity index is 90.2. The zero-order valence-corrected chi connectivity index (χ0v) is 8.31. The second kappa shape index (κ2) is 4.73. The molecule has 2 heteroatoms. The van der Waals surface area contributed by atoms with Crippen molar-refractivity contribution in [2.24, 2.45) is 5.41 Å². The van der Waals surface area contributed by atoms with Crippen LogP contribution in [-0.2, 0) is 9.47 Å². The lowest BCUT2D eigenvalue weighted by Gasteiger charge is -2.21. The maximum atomic E-state index is 5.07. The first-order chi connectivity index (χ1) is 4.99. The molecule has 68 valence electrons. The Kier molecular flexibility index (Phi) is 4.69. The summed E-state index contributed by atoms with van der Waals surface area (Å²) in [5.74, 6) is 0. The van der Waals surface area contributed by atoms with Gasteiger partial charge in [0, 0.05) is 14.2 Å². The molecule has 0 unspecified atom stereocenters. The van der Waals surface area contributed by atoms with Crippen molar-refractivity contribution < 1.29 is 9.47 Å². The fourth-order valence-electron chi connectivity index (χ4n) is 0.883. The molecule has 2 nitrogen and oxygen atoms in total. The van der Waals surface area contributed by atoms with Crippen LogP contribution in [0.25, 0.3) is 0 Å². The zero-order valence-electron chi connectivity index (χ0n) is 8.31.